The molecule has 0 amide bonds. The molecule has 14 heavy (non-hydrogen) atoms. The third kappa shape index (κ3) is 2.34. The third-order valence-electron chi connectivity index (χ3n) is 2.57. The topological polar surface area (TPSA) is 32.3 Å². The molecule has 0 bridgehead atoms. The molecule has 0 fully saturated rings. The van der Waals surface area contributed by atoms with E-state index in [9.17, 15) is 5.11 Å². The first-order chi connectivity index (χ1) is 6.62. The summed E-state index contributed by atoms with van der Waals surface area (Å²) in [6.07, 6.45) is 0. The number of nitrogens with one attached hydrogen (secondary N) is 1. The largest absolute Gasteiger partial charge is 0.394 e. The van der Waals surface area contributed by atoms with Gasteiger partial charge < -0.3 is 10.4 Å². The molecule has 1 unspecified atom stereocenters. The van der Waals surface area contributed by atoms with Crippen LogP contribution in [0.25, 0.3) is 0 Å². The number of aliphatic hydroxyl groups is 1. The fraction of sp³-hybridized carbons (Fsp3) is 0.500. The quantitative estimate of drug-likeness (QED) is 0.764. The highest BCUT2D eigenvalue weighted by atomic mass is 16.3. The van der Waals surface area contributed by atoms with E-state index in [0.29, 0.717) is 0 Å². The van der Waals surface area contributed by atoms with Crippen LogP contribution < -0.4 is 5.32 Å². The van der Waals surface area contributed by atoms with Crippen LogP contribution in [0.4, 0.5) is 0 Å². The van der Waals surface area contributed by atoms with Crippen LogP contribution in [0.1, 0.15) is 25.0 Å². The van der Waals surface area contributed by atoms with Gasteiger partial charge in [-0.05, 0) is 26.0 Å². The van der Waals surface area contributed by atoms with Crippen molar-refractivity contribution in [3.8, 4) is 0 Å². The normalized spacial score (nSPS) is 15.1. The molecule has 1 aromatic rings. The molecule has 2 N–H and O–H groups in total. The molecular weight excluding hydrogens is 174 g/mol. The van der Waals surface area contributed by atoms with Crippen molar-refractivity contribution < 1.29 is 5.11 Å². The van der Waals surface area contributed by atoms with Gasteiger partial charge in [-0.25, -0.2) is 0 Å². The molecule has 2 heteroatoms. The fourth-order valence-electron chi connectivity index (χ4n) is 1.56. The van der Waals surface area contributed by atoms with Gasteiger partial charge in [0.05, 0.1) is 12.1 Å². The molecule has 78 valence electrons. The zero-order valence-corrected chi connectivity index (χ0v) is 9.17. The highest BCUT2D eigenvalue weighted by molar-refractivity contribution is 5.27. The van der Waals surface area contributed by atoms with Gasteiger partial charge in [0.1, 0.15) is 0 Å². The second-order valence-corrected chi connectivity index (χ2v) is 3.89. The average Bonchev–Trinajstić information content (AvgIpc) is 2.19. The van der Waals surface area contributed by atoms with Gasteiger partial charge in [0, 0.05) is 0 Å². The van der Waals surface area contributed by atoms with E-state index in [1.54, 1.807) is 0 Å². The summed E-state index contributed by atoms with van der Waals surface area (Å²) in [6, 6.07) is 8.27. The molecular formula is C12H19NO. The van der Waals surface area contributed by atoms with Crippen LogP contribution in [-0.4, -0.2) is 18.3 Å². The van der Waals surface area contributed by atoms with Crippen molar-refractivity contribution in [1.29, 1.82) is 0 Å². The minimum atomic E-state index is -0.317. The van der Waals surface area contributed by atoms with Gasteiger partial charge in [-0.1, -0.05) is 36.8 Å². The number of rotatable bonds is 4. The Hall–Kier alpha value is -0.860. The van der Waals surface area contributed by atoms with Crippen LogP contribution in [0.2, 0.25) is 0 Å². The maximum Gasteiger partial charge on any atom is 0.0652 e. The predicted molar refractivity (Wildman–Crippen MR) is 59.3 cm³/mol. The SMILES string of the molecule is CCNC(C)(CO)c1ccc(C)cc1. The van der Waals surface area contributed by atoms with Crippen LogP contribution >= 0.6 is 0 Å². The zero-order valence-electron chi connectivity index (χ0n) is 9.17. The summed E-state index contributed by atoms with van der Waals surface area (Å²) >= 11 is 0. The molecule has 0 saturated heterocycles. The van der Waals surface area contributed by atoms with Gasteiger partial charge in [0.2, 0.25) is 0 Å². The molecule has 0 heterocycles. The third-order valence-corrected chi connectivity index (χ3v) is 2.57. The van der Waals surface area contributed by atoms with Gasteiger partial charge >= 0.3 is 0 Å². The van der Waals surface area contributed by atoms with Crippen LogP contribution in [0.5, 0.6) is 0 Å². The number of aliphatic hydroxyl groups excluding tert-OH is 1. The Labute approximate surface area is 86.0 Å². The lowest BCUT2D eigenvalue weighted by Crippen LogP contribution is -2.42. The van der Waals surface area contributed by atoms with Crippen molar-refractivity contribution in [2.24, 2.45) is 0 Å². The molecule has 0 aromatic heterocycles. The minimum Gasteiger partial charge on any atom is -0.394 e. The van der Waals surface area contributed by atoms with Gasteiger partial charge in [0.25, 0.3) is 0 Å². The van der Waals surface area contributed by atoms with E-state index in [1.165, 1.54) is 5.56 Å². The van der Waals surface area contributed by atoms with E-state index < -0.39 is 0 Å². The number of benzene rings is 1. The Morgan fingerprint density at radius 2 is 1.86 bits per heavy atom. The van der Waals surface area contributed by atoms with Crippen LogP contribution in [0, 0.1) is 6.92 Å². The molecule has 1 atom stereocenters. The smallest absolute Gasteiger partial charge is 0.0652 e. The second kappa shape index (κ2) is 4.58. The van der Waals surface area contributed by atoms with Crippen molar-refractivity contribution in [1.82, 2.24) is 5.32 Å². The van der Waals surface area contributed by atoms with E-state index in [-0.39, 0.29) is 12.1 Å². The van der Waals surface area contributed by atoms with Crippen molar-refractivity contribution in [3.05, 3.63) is 35.4 Å². The summed E-state index contributed by atoms with van der Waals surface area (Å²) in [5.41, 5.74) is 2.06. The first-order valence-corrected chi connectivity index (χ1v) is 5.05. The Morgan fingerprint density at radius 3 is 2.29 bits per heavy atom. The molecule has 1 aromatic carbocycles. The number of hydrogen-bond acceptors (Lipinski definition) is 2. The van der Waals surface area contributed by atoms with Crippen molar-refractivity contribution in [2.45, 2.75) is 26.3 Å². The molecule has 0 aliphatic carbocycles. The highest BCUT2D eigenvalue weighted by Crippen LogP contribution is 2.20. The number of hydrogen-bond donors (Lipinski definition) is 2. The summed E-state index contributed by atoms with van der Waals surface area (Å²) in [4.78, 5) is 0. The summed E-state index contributed by atoms with van der Waals surface area (Å²) < 4.78 is 0. The highest BCUT2D eigenvalue weighted by Gasteiger charge is 2.23. The van der Waals surface area contributed by atoms with E-state index in [0.717, 1.165) is 12.1 Å². The van der Waals surface area contributed by atoms with E-state index in [2.05, 4.69) is 36.5 Å². The predicted octanol–water partition coefficient (Wildman–Crippen LogP) is 1.81. The summed E-state index contributed by atoms with van der Waals surface area (Å²) in [7, 11) is 0. The first-order valence-electron chi connectivity index (χ1n) is 5.05. The lowest BCUT2D eigenvalue weighted by atomic mass is 9.92. The maximum absolute atomic E-state index is 9.38. The monoisotopic (exact) mass is 193 g/mol. The lowest BCUT2D eigenvalue weighted by Gasteiger charge is -2.29. The standard InChI is InChI=1S/C12H19NO/c1-4-13-12(3,9-14)11-7-5-10(2)6-8-11/h5-8,13-14H,4,9H2,1-3H3. The van der Waals surface area contributed by atoms with Gasteiger partial charge in [-0.3, -0.25) is 0 Å². The molecule has 0 aliphatic rings. The summed E-state index contributed by atoms with van der Waals surface area (Å²) in [6.45, 7) is 7.09. The van der Waals surface area contributed by atoms with Gasteiger partial charge in [0.15, 0.2) is 0 Å². The van der Waals surface area contributed by atoms with Crippen molar-refractivity contribution >= 4 is 0 Å². The molecule has 1 rings (SSSR count). The molecule has 0 spiro atoms. The Morgan fingerprint density at radius 1 is 1.29 bits per heavy atom. The van der Waals surface area contributed by atoms with Gasteiger partial charge in [-0.2, -0.15) is 0 Å². The van der Waals surface area contributed by atoms with Crippen LogP contribution in [0.15, 0.2) is 24.3 Å². The second-order valence-electron chi connectivity index (χ2n) is 3.89. The zero-order chi connectivity index (χ0) is 10.6. The van der Waals surface area contributed by atoms with Crippen molar-refractivity contribution in [2.75, 3.05) is 13.2 Å². The number of aryl methyl sites for hydroxylation is 1. The molecule has 2 nitrogen and oxygen atoms in total. The van der Waals surface area contributed by atoms with E-state index >= 15 is 0 Å². The minimum absolute atomic E-state index is 0.115. The fourth-order valence-corrected chi connectivity index (χ4v) is 1.56. The Kier molecular flexibility index (Phi) is 3.67. The number of likely N-dealkylation sites (N-methyl/N-ethyl adjacent to an activating group) is 1. The maximum atomic E-state index is 9.38. The van der Waals surface area contributed by atoms with Crippen LogP contribution in [-0.2, 0) is 5.54 Å². The Balaban J connectivity index is 2.94. The molecule has 0 aliphatic heterocycles. The molecule has 0 radical (unpaired) electrons. The van der Waals surface area contributed by atoms with Crippen LogP contribution in [0.3, 0.4) is 0 Å². The first kappa shape index (κ1) is 11.2. The summed E-state index contributed by atoms with van der Waals surface area (Å²) in [5.74, 6) is 0. The van der Waals surface area contributed by atoms with E-state index in [1.807, 2.05) is 13.8 Å². The van der Waals surface area contributed by atoms with Crippen molar-refractivity contribution in [3.63, 3.8) is 0 Å². The summed E-state index contributed by atoms with van der Waals surface area (Å²) in [5, 5.41) is 12.7. The molecule has 0 saturated carbocycles. The van der Waals surface area contributed by atoms with E-state index in [4.69, 9.17) is 0 Å². The Bertz CT molecular complexity index is 281. The van der Waals surface area contributed by atoms with Gasteiger partial charge in [-0.15, -0.1) is 0 Å². The average molecular weight is 193 g/mol. The lowest BCUT2D eigenvalue weighted by molar-refractivity contribution is 0.177.